The van der Waals surface area contributed by atoms with Crippen LogP contribution in [0.15, 0.2) is 55.0 Å². The number of Topliss-reactive ketones (excluding diaryl/α,β-unsaturated/α-hetero) is 1. The molecule has 0 aliphatic carbocycles. The molecule has 0 atom stereocenters. The normalized spacial score (nSPS) is 11.2. The average molecular weight is 404 g/mol. The molecular formula is C23H21FN4O2. The number of ketones is 1. The van der Waals surface area contributed by atoms with E-state index in [0.29, 0.717) is 17.3 Å². The lowest BCUT2D eigenvalue weighted by Crippen LogP contribution is -2.00. The lowest BCUT2D eigenvalue weighted by atomic mass is 10.1. The standard InChI is InChI=1S/C23H21FN4O2/c1-13(2)28-11-19(21-22(25)26-12-27-23(21)28)15-4-7-17(8-5-15)30-20-9-6-16(24)10-18(20)14(3)29/h4-13H,1-3H3,(H2,25,26,27). The summed E-state index contributed by atoms with van der Waals surface area (Å²) < 4.78 is 21.4. The molecule has 6 nitrogen and oxygen atoms in total. The first kappa shape index (κ1) is 19.6. The summed E-state index contributed by atoms with van der Waals surface area (Å²) in [7, 11) is 0. The minimum absolute atomic E-state index is 0.198. The van der Waals surface area contributed by atoms with Gasteiger partial charge in [0.25, 0.3) is 0 Å². The number of fused-ring (bicyclic) bond motifs is 1. The molecule has 0 saturated carbocycles. The van der Waals surface area contributed by atoms with E-state index in [9.17, 15) is 9.18 Å². The van der Waals surface area contributed by atoms with E-state index in [0.717, 1.165) is 22.2 Å². The summed E-state index contributed by atoms with van der Waals surface area (Å²) in [5, 5.41) is 0.803. The number of nitrogen functional groups attached to an aromatic ring is 1. The second kappa shape index (κ2) is 7.59. The molecule has 30 heavy (non-hydrogen) atoms. The summed E-state index contributed by atoms with van der Waals surface area (Å²) in [5.74, 6) is 0.518. The Hall–Kier alpha value is -3.74. The molecule has 2 aromatic heterocycles. The van der Waals surface area contributed by atoms with E-state index in [-0.39, 0.29) is 17.4 Å². The van der Waals surface area contributed by atoms with Crippen LogP contribution in [0.2, 0.25) is 0 Å². The van der Waals surface area contributed by atoms with Gasteiger partial charge in [0.1, 0.15) is 35.1 Å². The fourth-order valence-corrected chi connectivity index (χ4v) is 3.42. The van der Waals surface area contributed by atoms with Gasteiger partial charge in [0.15, 0.2) is 5.78 Å². The number of nitrogens with zero attached hydrogens (tertiary/aromatic N) is 3. The molecule has 0 aliphatic heterocycles. The molecule has 4 rings (SSSR count). The Kier molecular flexibility index (Phi) is 4.95. The van der Waals surface area contributed by atoms with E-state index in [4.69, 9.17) is 10.5 Å². The van der Waals surface area contributed by atoms with Gasteiger partial charge in [-0.15, -0.1) is 0 Å². The molecule has 4 aromatic rings. The van der Waals surface area contributed by atoms with Crippen molar-refractivity contribution in [3.63, 3.8) is 0 Å². The second-order valence-corrected chi connectivity index (χ2v) is 7.32. The fraction of sp³-hybridized carbons (Fsp3) is 0.174. The highest BCUT2D eigenvalue weighted by atomic mass is 19.1. The molecule has 152 valence electrons. The van der Waals surface area contributed by atoms with Crippen LogP contribution < -0.4 is 10.5 Å². The first-order valence-electron chi connectivity index (χ1n) is 9.55. The number of rotatable bonds is 5. The van der Waals surface area contributed by atoms with Crippen molar-refractivity contribution in [1.29, 1.82) is 0 Å². The fourth-order valence-electron chi connectivity index (χ4n) is 3.42. The van der Waals surface area contributed by atoms with Crippen molar-refractivity contribution < 1.29 is 13.9 Å². The van der Waals surface area contributed by atoms with E-state index in [1.807, 2.05) is 18.3 Å². The van der Waals surface area contributed by atoms with E-state index < -0.39 is 5.82 Å². The minimum Gasteiger partial charge on any atom is -0.457 e. The molecule has 0 fully saturated rings. The number of ether oxygens (including phenoxy) is 1. The Bertz CT molecular complexity index is 1250. The first-order chi connectivity index (χ1) is 14.3. The third-order valence-corrected chi connectivity index (χ3v) is 4.91. The topological polar surface area (TPSA) is 83.0 Å². The van der Waals surface area contributed by atoms with Gasteiger partial charge in [0.2, 0.25) is 0 Å². The van der Waals surface area contributed by atoms with Gasteiger partial charge in [0.05, 0.1) is 10.9 Å². The van der Waals surface area contributed by atoms with Crippen LogP contribution in [-0.2, 0) is 0 Å². The zero-order valence-corrected chi connectivity index (χ0v) is 16.9. The molecule has 7 heteroatoms. The van der Waals surface area contributed by atoms with Gasteiger partial charge in [-0.05, 0) is 56.7 Å². The van der Waals surface area contributed by atoms with Gasteiger partial charge in [0, 0.05) is 17.8 Å². The van der Waals surface area contributed by atoms with Crippen molar-refractivity contribution in [3.8, 4) is 22.6 Å². The highest BCUT2D eigenvalue weighted by Gasteiger charge is 2.17. The predicted octanol–water partition coefficient (Wildman–Crippen LogP) is 5.40. The number of anilines is 1. The van der Waals surface area contributed by atoms with Crippen LogP contribution in [0.4, 0.5) is 10.2 Å². The number of carbonyl (C=O) groups excluding carboxylic acids is 1. The van der Waals surface area contributed by atoms with Gasteiger partial charge < -0.3 is 15.0 Å². The summed E-state index contributed by atoms with van der Waals surface area (Å²) in [6.45, 7) is 5.53. The Morgan fingerprint density at radius 1 is 1.13 bits per heavy atom. The number of halogens is 1. The maximum absolute atomic E-state index is 13.5. The van der Waals surface area contributed by atoms with E-state index >= 15 is 0 Å². The van der Waals surface area contributed by atoms with Crippen molar-refractivity contribution >= 4 is 22.6 Å². The van der Waals surface area contributed by atoms with Crippen molar-refractivity contribution in [2.75, 3.05) is 5.73 Å². The molecule has 0 bridgehead atoms. The number of benzene rings is 2. The van der Waals surface area contributed by atoms with Crippen LogP contribution in [0.3, 0.4) is 0 Å². The lowest BCUT2D eigenvalue weighted by Gasteiger charge is -2.10. The van der Waals surface area contributed by atoms with Crippen molar-refractivity contribution in [3.05, 3.63) is 66.4 Å². The lowest BCUT2D eigenvalue weighted by molar-refractivity contribution is 0.101. The molecule has 2 heterocycles. The zero-order valence-electron chi connectivity index (χ0n) is 16.9. The highest BCUT2D eigenvalue weighted by Crippen LogP contribution is 2.35. The summed E-state index contributed by atoms with van der Waals surface area (Å²) in [6.07, 6.45) is 3.48. The molecule has 0 amide bonds. The Labute approximate surface area is 173 Å². The summed E-state index contributed by atoms with van der Waals surface area (Å²) in [6, 6.07) is 11.5. The van der Waals surface area contributed by atoms with Crippen LogP contribution in [-0.4, -0.2) is 20.3 Å². The van der Waals surface area contributed by atoms with Crippen molar-refractivity contribution in [2.45, 2.75) is 26.8 Å². The van der Waals surface area contributed by atoms with Crippen LogP contribution in [0.5, 0.6) is 11.5 Å². The Morgan fingerprint density at radius 3 is 2.53 bits per heavy atom. The Morgan fingerprint density at radius 2 is 1.87 bits per heavy atom. The smallest absolute Gasteiger partial charge is 0.163 e. The number of hydrogen-bond acceptors (Lipinski definition) is 5. The molecule has 0 aliphatic rings. The highest BCUT2D eigenvalue weighted by molar-refractivity contribution is 6.00. The van der Waals surface area contributed by atoms with E-state index in [1.54, 1.807) is 12.1 Å². The maximum Gasteiger partial charge on any atom is 0.163 e. The van der Waals surface area contributed by atoms with Gasteiger partial charge in [-0.25, -0.2) is 14.4 Å². The summed E-state index contributed by atoms with van der Waals surface area (Å²) in [4.78, 5) is 20.3. The van der Waals surface area contributed by atoms with E-state index in [2.05, 4.69) is 28.4 Å². The van der Waals surface area contributed by atoms with Crippen LogP contribution in [0.25, 0.3) is 22.2 Å². The third-order valence-electron chi connectivity index (χ3n) is 4.91. The molecular weight excluding hydrogens is 383 g/mol. The van der Waals surface area contributed by atoms with Gasteiger partial charge in [-0.1, -0.05) is 12.1 Å². The number of nitrogens with two attached hydrogens (primary N) is 1. The summed E-state index contributed by atoms with van der Waals surface area (Å²) in [5.41, 5.74) is 8.98. The van der Waals surface area contributed by atoms with E-state index in [1.165, 1.54) is 31.5 Å². The zero-order chi connectivity index (χ0) is 21.4. The number of aromatic nitrogens is 3. The molecule has 2 aromatic carbocycles. The van der Waals surface area contributed by atoms with Gasteiger partial charge in [-0.3, -0.25) is 4.79 Å². The molecule has 2 N–H and O–H groups in total. The predicted molar refractivity (Wildman–Crippen MR) is 114 cm³/mol. The van der Waals surface area contributed by atoms with Crippen LogP contribution in [0.1, 0.15) is 37.2 Å². The molecule has 0 spiro atoms. The third kappa shape index (κ3) is 3.50. The molecule has 0 unspecified atom stereocenters. The van der Waals surface area contributed by atoms with Crippen molar-refractivity contribution in [1.82, 2.24) is 14.5 Å². The minimum atomic E-state index is -0.482. The van der Waals surface area contributed by atoms with Crippen molar-refractivity contribution in [2.24, 2.45) is 0 Å². The summed E-state index contributed by atoms with van der Waals surface area (Å²) >= 11 is 0. The average Bonchev–Trinajstić information content (AvgIpc) is 3.11. The Balaban J connectivity index is 1.71. The number of carbonyl (C=O) groups is 1. The molecule has 0 radical (unpaired) electrons. The second-order valence-electron chi connectivity index (χ2n) is 7.32. The largest absolute Gasteiger partial charge is 0.457 e. The van der Waals surface area contributed by atoms with Crippen LogP contribution >= 0.6 is 0 Å². The first-order valence-corrected chi connectivity index (χ1v) is 9.55. The van der Waals surface area contributed by atoms with Gasteiger partial charge in [-0.2, -0.15) is 0 Å². The maximum atomic E-state index is 13.5. The van der Waals surface area contributed by atoms with Gasteiger partial charge >= 0.3 is 0 Å². The van der Waals surface area contributed by atoms with Crippen LogP contribution in [0, 0.1) is 5.82 Å². The monoisotopic (exact) mass is 404 g/mol. The SMILES string of the molecule is CC(=O)c1cc(F)ccc1Oc1ccc(-c2cn(C(C)C)c3ncnc(N)c23)cc1. The number of hydrogen-bond donors (Lipinski definition) is 1. The quantitative estimate of drug-likeness (QED) is 0.451. The molecule has 0 saturated heterocycles.